The molecule has 12 heavy (non-hydrogen) atoms. The number of anilines is 1. The van der Waals surface area contributed by atoms with E-state index in [1.165, 1.54) is 0 Å². The Bertz CT molecular complexity index is 288. The van der Waals surface area contributed by atoms with Crippen LogP contribution in [0.25, 0.3) is 0 Å². The zero-order valence-corrected chi connectivity index (χ0v) is 9.49. The Hall–Kier alpha value is -0.336. The van der Waals surface area contributed by atoms with E-state index in [0.29, 0.717) is 6.73 Å². The molecule has 0 bridgehead atoms. The Kier molecular flexibility index (Phi) is 3.30. The van der Waals surface area contributed by atoms with E-state index in [4.69, 9.17) is 4.74 Å². The van der Waals surface area contributed by atoms with Gasteiger partial charge in [0, 0.05) is 38.5 Å². The molecule has 59 valence electrons. The van der Waals surface area contributed by atoms with Crippen LogP contribution in [-0.4, -0.2) is 6.73 Å². The minimum atomic E-state index is 0. The average molecular weight is 235 g/mol. The molecule has 3 heteroatoms. The molecular weight excluding hydrogens is 227 g/mol. The smallest absolute Gasteiger partial charge is 0.149 e. The Morgan fingerprint density at radius 3 is 3.25 bits per heavy atom. The van der Waals surface area contributed by atoms with Crippen molar-refractivity contribution in [1.29, 1.82) is 0 Å². The van der Waals surface area contributed by atoms with Crippen molar-refractivity contribution in [1.82, 2.24) is 0 Å². The number of benzene rings is 1. The number of rotatable bonds is 1. The summed E-state index contributed by atoms with van der Waals surface area (Å²) in [6, 6.07) is 8.61. The minimum Gasteiger partial charge on any atom is -0.531 e. The molecule has 0 fully saturated rings. The number of nitrogens with zero attached hydrogens (tertiary/aromatic N) is 1. The van der Waals surface area contributed by atoms with Crippen LogP contribution in [0, 0.1) is 6.07 Å². The Labute approximate surface area is 97.1 Å². The summed E-state index contributed by atoms with van der Waals surface area (Å²) in [6.45, 7) is 4.24. The molecule has 0 amide bonds. The van der Waals surface area contributed by atoms with Crippen LogP contribution in [0.15, 0.2) is 31.0 Å². The summed E-state index contributed by atoms with van der Waals surface area (Å²) in [4.78, 5) is 1.95. The van der Waals surface area contributed by atoms with Gasteiger partial charge in [-0.05, 0) is 11.9 Å². The predicted molar refractivity (Wildman–Crippen MR) is 43.4 cm³/mol. The van der Waals surface area contributed by atoms with Crippen molar-refractivity contribution in [3.63, 3.8) is 0 Å². The molecule has 1 heterocycles. The van der Waals surface area contributed by atoms with E-state index in [1.807, 2.05) is 23.1 Å². The van der Waals surface area contributed by atoms with Gasteiger partial charge in [0.2, 0.25) is 0 Å². The molecule has 0 spiro atoms. The molecular formula is C9H8NOY-. The van der Waals surface area contributed by atoms with Crippen LogP contribution in [0.3, 0.4) is 0 Å². The van der Waals surface area contributed by atoms with Crippen LogP contribution in [0.5, 0.6) is 5.75 Å². The van der Waals surface area contributed by atoms with Crippen molar-refractivity contribution in [3.8, 4) is 5.75 Å². The van der Waals surface area contributed by atoms with Crippen LogP contribution in [-0.2, 0) is 32.7 Å². The Morgan fingerprint density at radius 2 is 2.50 bits per heavy atom. The maximum Gasteiger partial charge on any atom is 0.149 e. The van der Waals surface area contributed by atoms with E-state index in [-0.39, 0.29) is 32.7 Å². The van der Waals surface area contributed by atoms with E-state index in [2.05, 4.69) is 12.6 Å². The molecule has 1 aromatic rings. The summed E-state index contributed by atoms with van der Waals surface area (Å²) in [6.07, 6.45) is 1.76. The fraction of sp³-hybridized carbons (Fsp3) is 0.111. The average Bonchev–Trinajstić information content (AvgIpc) is 2.47. The number of hydrogen-bond acceptors (Lipinski definition) is 2. The summed E-state index contributed by atoms with van der Waals surface area (Å²) < 4.78 is 5.33. The topological polar surface area (TPSA) is 12.5 Å². The van der Waals surface area contributed by atoms with Gasteiger partial charge in [-0.15, -0.1) is 12.1 Å². The van der Waals surface area contributed by atoms with Gasteiger partial charge < -0.3 is 9.64 Å². The first-order chi connectivity index (χ1) is 5.42. The van der Waals surface area contributed by atoms with E-state index >= 15 is 0 Å². The van der Waals surface area contributed by atoms with Crippen molar-refractivity contribution in [2.24, 2.45) is 0 Å². The van der Waals surface area contributed by atoms with Gasteiger partial charge >= 0.3 is 0 Å². The van der Waals surface area contributed by atoms with E-state index in [0.717, 1.165) is 11.4 Å². The fourth-order valence-electron chi connectivity index (χ4n) is 1.12. The molecule has 1 aliphatic rings. The van der Waals surface area contributed by atoms with Gasteiger partial charge in [-0.25, -0.2) is 0 Å². The molecule has 1 aromatic carbocycles. The largest absolute Gasteiger partial charge is 0.531 e. The summed E-state index contributed by atoms with van der Waals surface area (Å²) in [7, 11) is 0. The van der Waals surface area contributed by atoms with Gasteiger partial charge in [-0.3, -0.25) is 0 Å². The van der Waals surface area contributed by atoms with E-state index in [1.54, 1.807) is 6.20 Å². The molecule has 0 saturated carbocycles. The quantitative estimate of drug-likeness (QED) is 0.688. The van der Waals surface area contributed by atoms with E-state index < -0.39 is 0 Å². The fourth-order valence-corrected chi connectivity index (χ4v) is 1.12. The number of fused-ring (bicyclic) bond motifs is 1. The summed E-state index contributed by atoms with van der Waals surface area (Å²) in [5.41, 5.74) is 1.07. The van der Waals surface area contributed by atoms with Crippen LogP contribution in [0.1, 0.15) is 0 Å². The summed E-state index contributed by atoms with van der Waals surface area (Å²) in [5.74, 6) is 0.882. The van der Waals surface area contributed by atoms with Crippen LogP contribution >= 0.6 is 0 Å². The standard InChI is InChI=1S/C9H8NO.Y/c1-2-10-7-11-9-6-4-3-5-8(9)10;/h2-3,5-6H,1,7H2;/q-1;. The second-order valence-electron chi connectivity index (χ2n) is 2.32. The molecule has 0 unspecified atom stereocenters. The number of ether oxygens (including phenoxy) is 1. The van der Waals surface area contributed by atoms with Gasteiger partial charge in [0.1, 0.15) is 6.73 Å². The first-order valence-electron chi connectivity index (χ1n) is 3.44. The monoisotopic (exact) mass is 235 g/mol. The van der Waals surface area contributed by atoms with Crippen LogP contribution in [0.4, 0.5) is 5.69 Å². The van der Waals surface area contributed by atoms with Gasteiger partial charge in [-0.2, -0.15) is 12.1 Å². The van der Waals surface area contributed by atoms with Crippen LogP contribution in [0.2, 0.25) is 0 Å². The normalized spacial score (nSPS) is 12.8. The zero-order valence-electron chi connectivity index (χ0n) is 6.66. The first kappa shape index (κ1) is 9.75. The molecule has 0 N–H and O–H groups in total. The van der Waals surface area contributed by atoms with Crippen molar-refractivity contribution in [2.45, 2.75) is 0 Å². The molecule has 2 nitrogen and oxygen atoms in total. The third-order valence-corrected chi connectivity index (χ3v) is 1.69. The Balaban J connectivity index is 0.000000720. The third kappa shape index (κ3) is 1.55. The maximum atomic E-state index is 5.33. The van der Waals surface area contributed by atoms with Crippen LogP contribution < -0.4 is 9.64 Å². The molecule has 1 aliphatic heterocycles. The van der Waals surface area contributed by atoms with Crippen molar-refractivity contribution in [2.75, 3.05) is 11.6 Å². The maximum absolute atomic E-state index is 5.33. The molecule has 2 rings (SSSR count). The molecule has 0 atom stereocenters. The third-order valence-electron chi connectivity index (χ3n) is 1.69. The van der Waals surface area contributed by atoms with Gasteiger partial charge in [0.25, 0.3) is 0 Å². The van der Waals surface area contributed by atoms with Gasteiger partial charge in [0.15, 0.2) is 0 Å². The SMILES string of the molecule is C=CN1COc2c[c-]ccc21.[Y]. The first-order valence-corrected chi connectivity index (χ1v) is 3.44. The van der Waals surface area contributed by atoms with Crippen molar-refractivity contribution < 1.29 is 37.4 Å². The number of hydrogen-bond donors (Lipinski definition) is 0. The zero-order chi connectivity index (χ0) is 7.68. The Morgan fingerprint density at radius 1 is 1.67 bits per heavy atom. The van der Waals surface area contributed by atoms with Crippen molar-refractivity contribution >= 4 is 5.69 Å². The molecule has 0 aromatic heterocycles. The second kappa shape index (κ2) is 4.06. The summed E-state index contributed by atoms with van der Waals surface area (Å²) in [5, 5.41) is 0. The molecule has 0 aliphatic carbocycles. The second-order valence-corrected chi connectivity index (χ2v) is 2.32. The van der Waals surface area contributed by atoms with Gasteiger partial charge in [0.05, 0.1) is 0 Å². The van der Waals surface area contributed by atoms with Gasteiger partial charge in [-0.1, -0.05) is 6.58 Å². The predicted octanol–water partition coefficient (Wildman–Crippen LogP) is 1.78. The summed E-state index contributed by atoms with van der Waals surface area (Å²) >= 11 is 0. The molecule has 1 radical (unpaired) electrons. The van der Waals surface area contributed by atoms with E-state index in [9.17, 15) is 0 Å². The minimum absolute atomic E-state index is 0. The van der Waals surface area contributed by atoms with Crippen molar-refractivity contribution in [3.05, 3.63) is 37.0 Å². The molecule has 0 saturated heterocycles.